The molecule has 1 unspecified atom stereocenters. The van der Waals surface area contributed by atoms with Crippen molar-refractivity contribution in [2.24, 2.45) is 5.92 Å². The van der Waals surface area contributed by atoms with Gasteiger partial charge in [0.15, 0.2) is 0 Å². The van der Waals surface area contributed by atoms with Gasteiger partial charge >= 0.3 is 0 Å². The van der Waals surface area contributed by atoms with Crippen LogP contribution in [-0.2, 0) is 11.3 Å². The second-order valence-corrected chi connectivity index (χ2v) is 7.84. The largest absolute Gasteiger partial charge is 0.395 e. The smallest absolute Gasteiger partial charge is 0.227 e. The molecule has 1 aromatic heterocycles. The minimum Gasteiger partial charge on any atom is -0.395 e. The van der Waals surface area contributed by atoms with Gasteiger partial charge in [-0.1, -0.05) is 0 Å². The Hall–Kier alpha value is -1.50. The molecule has 0 aliphatic carbocycles. The van der Waals surface area contributed by atoms with Gasteiger partial charge in [-0.25, -0.2) is 0 Å². The van der Waals surface area contributed by atoms with E-state index in [0.29, 0.717) is 19.1 Å². The van der Waals surface area contributed by atoms with Crippen molar-refractivity contribution in [2.45, 2.75) is 45.2 Å². The zero-order valence-corrected chi connectivity index (χ0v) is 16.6. The molecule has 2 saturated heterocycles. The highest BCUT2D eigenvalue weighted by Gasteiger charge is 2.33. The highest BCUT2D eigenvalue weighted by Crippen LogP contribution is 2.25. The van der Waals surface area contributed by atoms with Crippen molar-refractivity contribution in [2.75, 3.05) is 45.9 Å². The Kier molecular flexibility index (Phi) is 7.61. The number of aromatic nitrogens is 1. The molecule has 27 heavy (non-hydrogen) atoms. The summed E-state index contributed by atoms with van der Waals surface area (Å²) < 4.78 is 0. The van der Waals surface area contributed by atoms with Gasteiger partial charge in [-0.05, 0) is 69.9 Å². The molecule has 1 N–H and O–H groups in total. The minimum atomic E-state index is 0.0476. The van der Waals surface area contributed by atoms with Gasteiger partial charge in [0.2, 0.25) is 5.91 Å². The fourth-order valence-corrected chi connectivity index (χ4v) is 4.53. The number of likely N-dealkylation sites (tertiary alicyclic amines) is 2. The Morgan fingerprint density at radius 2 is 1.96 bits per heavy atom. The molecule has 3 heterocycles. The molecule has 3 rings (SSSR count). The van der Waals surface area contributed by atoms with Crippen LogP contribution in [0.15, 0.2) is 24.5 Å². The van der Waals surface area contributed by atoms with Crippen molar-refractivity contribution in [3.63, 3.8) is 0 Å². The molecule has 6 nitrogen and oxygen atoms in total. The van der Waals surface area contributed by atoms with E-state index in [9.17, 15) is 9.90 Å². The molecule has 2 aliphatic heterocycles. The molecule has 0 radical (unpaired) electrons. The SMILES string of the molecule is CCN(CCO)C(=O)C1CCCN(C2CCN(Cc3ccncc3)CC2)C1. The lowest BCUT2D eigenvalue weighted by Crippen LogP contribution is -2.51. The number of nitrogens with zero attached hydrogens (tertiary/aromatic N) is 4. The van der Waals surface area contributed by atoms with E-state index in [1.807, 2.05) is 24.2 Å². The van der Waals surface area contributed by atoms with E-state index in [1.54, 1.807) is 0 Å². The first kappa shape index (κ1) is 20.2. The number of hydrogen-bond donors (Lipinski definition) is 1. The van der Waals surface area contributed by atoms with Crippen LogP contribution in [0, 0.1) is 5.92 Å². The van der Waals surface area contributed by atoms with Gasteiger partial charge in [0.05, 0.1) is 12.5 Å². The Morgan fingerprint density at radius 1 is 1.22 bits per heavy atom. The summed E-state index contributed by atoms with van der Waals surface area (Å²) in [4.78, 5) is 23.8. The maximum Gasteiger partial charge on any atom is 0.227 e. The van der Waals surface area contributed by atoms with E-state index in [4.69, 9.17) is 0 Å². The highest BCUT2D eigenvalue weighted by molar-refractivity contribution is 5.79. The topological polar surface area (TPSA) is 59.9 Å². The van der Waals surface area contributed by atoms with Crippen molar-refractivity contribution in [3.8, 4) is 0 Å². The summed E-state index contributed by atoms with van der Waals surface area (Å²) in [7, 11) is 0. The molecule has 150 valence electrons. The molecule has 6 heteroatoms. The van der Waals surface area contributed by atoms with Crippen molar-refractivity contribution in [1.82, 2.24) is 19.7 Å². The maximum atomic E-state index is 12.8. The Morgan fingerprint density at radius 3 is 2.63 bits per heavy atom. The number of aliphatic hydroxyl groups is 1. The summed E-state index contributed by atoms with van der Waals surface area (Å²) in [5, 5.41) is 9.19. The lowest BCUT2D eigenvalue weighted by molar-refractivity contribution is -0.138. The lowest BCUT2D eigenvalue weighted by atomic mass is 9.92. The summed E-state index contributed by atoms with van der Waals surface area (Å²) in [5.41, 5.74) is 1.33. The average Bonchev–Trinajstić information content (AvgIpc) is 2.73. The average molecular weight is 375 g/mol. The van der Waals surface area contributed by atoms with E-state index in [1.165, 1.54) is 18.4 Å². The van der Waals surface area contributed by atoms with Crippen molar-refractivity contribution < 1.29 is 9.90 Å². The predicted molar refractivity (Wildman–Crippen MR) is 106 cm³/mol. The van der Waals surface area contributed by atoms with Crippen LogP contribution in [0.1, 0.15) is 38.2 Å². The zero-order chi connectivity index (χ0) is 19.1. The van der Waals surface area contributed by atoms with Crippen LogP contribution >= 0.6 is 0 Å². The molecule has 1 amide bonds. The number of piperidine rings is 2. The van der Waals surface area contributed by atoms with Gasteiger partial charge in [-0.15, -0.1) is 0 Å². The fourth-order valence-electron chi connectivity index (χ4n) is 4.53. The summed E-state index contributed by atoms with van der Waals surface area (Å²) in [6.45, 7) is 8.42. The van der Waals surface area contributed by atoms with Crippen molar-refractivity contribution >= 4 is 5.91 Å². The summed E-state index contributed by atoms with van der Waals surface area (Å²) >= 11 is 0. The Balaban J connectivity index is 1.48. The van der Waals surface area contributed by atoms with E-state index in [0.717, 1.165) is 45.6 Å². The summed E-state index contributed by atoms with van der Waals surface area (Å²) in [6.07, 6.45) is 8.18. The normalized spacial score (nSPS) is 22.7. The lowest BCUT2D eigenvalue weighted by Gasteiger charge is -2.42. The zero-order valence-electron chi connectivity index (χ0n) is 16.6. The first-order valence-electron chi connectivity index (χ1n) is 10.5. The molecular weight excluding hydrogens is 340 g/mol. The summed E-state index contributed by atoms with van der Waals surface area (Å²) in [6, 6.07) is 4.79. The fraction of sp³-hybridized carbons (Fsp3) is 0.714. The first-order chi connectivity index (χ1) is 13.2. The van der Waals surface area contributed by atoms with Crippen LogP contribution in [0.3, 0.4) is 0 Å². The number of likely N-dealkylation sites (N-methyl/N-ethyl adjacent to an activating group) is 1. The van der Waals surface area contributed by atoms with Gasteiger partial charge in [0.25, 0.3) is 0 Å². The van der Waals surface area contributed by atoms with E-state index in [-0.39, 0.29) is 18.4 Å². The van der Waals surface area contributed by atoms with E-state index in [2.05, 4.69) is 26.9 Å². The van der Waals surface area contributed by atoms with Crippen molar-refractivity contribution in [1.29, 1.82) is 0 Å². The number of amides is 1. The molecule has 0 spiro atoms. The van der Waals surface area contributed by atoms with E-state index >= 15 is 0 Å². The monoisotopic (exact) mass is 374 g/mol. The first-order valence-corrected chi connectivity index (χ1v) is 10.5. The van der Waals surface area contributed by atoms with Gasteiger partial charge in [-0.2, -0.15) is 0 Å². The number of hydrogen-bond acceptors (Lipinski definition) is 5. The number of aliphatic hydroxyl groups excluding tert-OH is 1. The maximum absolute atomic E-state index is 12.8. The van der Waals surface area contributed by atoms with E-state index < -0.39 is 0 Å². The van der Waals surface area contributed by atoms with Crippen LogP contribution in [-0.4, -0.2) is 82.6 Å². The number of carbonyl (C=O) groups is 1. The number of rotatable bonds is 7. The van der Waals surface area contributed by atoms with Crippen LogP contribution < -0.4 is 0 Å². The second-order valence-electron chi connectivity index (χ2n) is 7.84. The van der Waals surface area contributed by atoms with Crippen LogP contribution in [0.5, 0.6) is 0 Å². The predicted octanol–water partition coefficient (Wildman–Crippen LogP) is 1.60. The quantitative estimate of drug-likeness (QED) is 0.786. The highest BCUT2D eigenvalue weighted by atomic mass is 16.3. The van der Waals surface area contributed by atoms with Crippen LogP contribution in [0.4, 0.5) is 0 Å². The third kappa shape index (κ3) is 5.50. The Bertz CT molecular complexity index is 575. The molecule has 0 aromatic carbocycles. The van der Waals surface area contributed by atoms with Crippen LogP contribution in [0.2, 0.25) is 0 Å². The molecular formula is C21H34N4O2. The van der Waals surface area contributed by atoms with Gasteiger partial charge < -0.3 is 10.0 Å². The number of carbonyl (C=O) groups excluding carboxylic acids is 1. The standard InChI is InChI=1S/C21H34N4O2/c1-2-24(14-15-26)21(27)19-4-3-11-25(17-19)20-7-12-23(13-8-20)16-18-5-9-22-10-6-18/h5-6,9-10,19-20,26H,2-4,7-8,11-17H2,1H3. The van der Waals surface area contributed by atoms with Gasteiger partial charge in [0, 0.05) is 44.6 Å². The molecule has 2 fully saturated rings. The van der Waals surface area contributed by atoms with Gasteiger partial charge in [-0.3, -0.25) is 19.6 Å². The third-order valence-corrected chi connectivity index (χ3v) is 6.09. The van der Waals surface area contributed by atoms with Gasteiger partial charge in [0.1, 0.15) is 0 Å². The Labute approximate surface area is 163 Å². The van der Waals surface area contributed by atoms with Crippen LogP contribution in [0.25, 0.3) is 0 Å². The molecule has 2 aliphatic rings. The molecule has 0 bridgehead atoms. The minimum absolute atomic E-state index is 0.0476. The summed E-state index contributed by atoms with van der Waals surface area (Å²) in [5.74, 6) is 0.325. The number of pyridine rings is 1. The van der Waals surface area contributed by atoms with Crippen molar-refractivity contribution in [3.05, 3.63) is 30.1 Å². The molecule has 1 atom stereocenters. The molecule has 0 saturated carbocycles. The second kappa shape index (κ2) is 10.2. The molecule has 1 aromatic rings. The third-order valence-electron chi connectivity index (χ3n) is 6.09.